The standard InChI is InChI=1S/C26H27F3N6O4/c27-26(28,29)20-12-22(30)31-14-19(20)21-13-23(33-24(32-21)34-8-10-37-11-9-34)39-18-6-7-35(15-18)25(36)38-16-17-4-2-1-3-5-17/h1-5,12-14,18H,6-11,15-16H2,(H2,30,31)/t18-/m0/s1. The van der Waals surface area contributed by atoms with Crippen LogP contribution in [0.25, 0.3) is 11.3 Å². The highest BCUT2D eigenvalue weighted by molar-refractivity contribution is 5.68. The minimum Gasteiger partial charge on any atom is -0.472 e. The summed E-state index contributed by atoms with van der Waals surface area (Å²) in [5.41, 5.74) is 5.22. The maximum atomic E-state index is 13.9. The van der Waals surface area contributed by atoms with Crippen molar-refractivity contribution in [1.29, 1.82) is 0 Å². The number of amides is 1. The normalized spacial score (nSPS) is 17.8. The molecule has 2 saturated heterocycles. The number of morpholine rings is 1. The molecule has 2 N–H and O–H groups in total. The molecule has 0 spiro atoms. The zero-order valence-electron chi connectivity index (χ0n) is 20.9. The van der Waals surface area contributed by atoms with E-state index in [4.69, 9.17) is 19.9 Å². The molecule has 1 aromatic carbocycles. The third-order valence-electron chi connectivity index (χ3n) is 6.39. The molecule has 13 heteroatoms. The van der Waals surface area contributed by atoms with E-state index in [0.29, 0.717) is 39.3 Å². The first kappa shape index (κ1) is 26.5. The molecule has 10 nitrogen and oxygen atoms in total. The van der Waals surface area contributed by atoms with E-state index >= 15 is 0 Å². The zero-order chi connectivity index (χ0) is 27.4. The van der Waals surface area contributed by atoms with Crippen LogP contribution in [-0.4, -0.2) is 71.4 Å². The molecular weight excluding hydrogens is 517 g/mol. The highest BCUT2D eigenvalue weighted by atomic mass is 19.4. The van der Waals surface area contributed by atoms with Crippen molar-refractivity contribution in [2.75, 3.05) is 50.0 Å². The predicted octanol–water partition coefficient (Wildman–Crippen LogP) is 3.77. The molecule has 206 valence electrons. The van der Waals surface area contributed by atoms with Crippen LogP contribution in [-0.2, 0) is 22.3 Å². The predicted molar refractivity (Wildman–Crippen MR) is 135 cm³/mol. The van der Waals surface area contributed by atoms with E-state index in [0.717, 1.165) is 17.8 Å². The number of carbonyl (C=O) groups excluding carboxylic acids is 1. The molecule has 0 unspecified atom stereocenters. The molecule has 2 aliphatic heterocycles. The van der Waals surface area contributed by atoms with Crippen LogP contribution in [0.1, 0.15) is 17.5 Å². The van der Waals surface area contributed by atoms with Crippen molar-refractivity contribution in [3.63, 3.8) is 0 Å². The Hall–Kier alpha value is -4.13. The number of pyridine rings is 1. The van der Waals surface area contributed by atoms with Gasteiger partial charge in [-0.2, -0.15) is 18.2 Å². The molecule has 39 heavy (non-hydrogen) atoms. The summed E-state index contributed by atoms with van der Waals surface area (Å²) in [7, 11) is 0. The third-order valence-corrected chi connectivity index (χ3v) is 6.39. The molecular formula is C26H27F3N6O4. The first-order chi connectivity index (χ1) is 18.8. The van der Waals surface area contributed by atoms with Crippen LogP contribution in [0.15, 0.2) is 48.7 Å². The van der Waals surface area contributed by atoms with Crippen LogP contribution >= 0.6 is 0 Å². The number of alkyl halides is 3. The van der Waals surface area contributed by atoms with Gasteiger partial charge < -0.3 is 29.7 Å². The van der Waals surface area contributed by atoms with Gasteiger partial charge in [0.25, 0.3) is 0 Å². The van der Waals surface area contributed by atoms with E-state index in [-0.39, 0.29) is 42.1 Å². The quantitative estimate of drug-likeness (QED) is 0.495. The lowest BCUT2D eigenvalue weighted by atomic mass is 10.1. The molecule has 0 saturated carbocycles. The topological polar surface area (TPSA) is 116 Å². The van der Waals surface area contributed by atoms with Gasteiger partial charge in [-0.25, -0.2) is 14.8 Å². The summed E-state index contributed by atoms with van der Waals surface area (Å²) in [5, 5.41) is 0. The van der Waals surface area contributed by atoms with Gasteiger partial charge in [-0.05, 0) is 11.6 Å². The molecule has 1 amide bonds. The number of nitrogens with zero attached hydrogens (tertiary/aromatic N) is 5. The molecule has 2 fully saturated rings. The fraction of sp³-hybridized carbons (Fsp3) is 0.385. The van der Waals surface area contributed by atoms with Gasteiger partial charge in [0.15, 0.2) is 0 Å². The molecule has 0 aliphatic carbocycles. The number of rotatable bonds is 6. The average Bonchev–Trinajstić information content (AvgIpc) is 3.40. The van der Waals surface area contributed by atoms with Gasteiger partial charge in [-0.1, -0.05) is 30.3 Å². The van der Waals surface area contributed by atoms with Crippen LogP contribution < -0.4 is 15.4 Å². The molecule has 1 atom stereocenters. The van der Waals surface area contributed by atoms with Gasteiger partial charge in [-0.3, -0.25) is 0 Å². The molecule has 2 aromatic heterocycles. The van der Waals surface area contributed by atoms with Crippen molar-refractivity contribution in [2.24, 2.45) is 0 Å². The zero-order valence-corrected chi connectivity index (χ0v) is 20.9. The smallest absolute Gasteiger partial charge is 0.417 e. The number of likely N-dealkylation sites (tertiary alicyclic amines) is 1. The number of ether oxygens (including phenoxy) is 3. The van der Waals surface area contributed by atoms with Crippen LogP contribution in [0, 0.1) is 0 Å². The Morgan fingerprint density at radius 2 is 1.87 bits per heavy atom. The summed E-state index contributed by atoms with van der Waals surface area (Å²) in [6.07, 6.45) is -4.02. The molecule has 5 rings (SSSR count). The monoisotopic (exact) mass is 544 g/mol. The second kappa shape index (κ2) is 11.3. The second-order valence-corrected chi connectivity index (χ2v) is 9.16. The number of anilines is 2. The minimum absolute atomic E-state index is 0.00144. The number of benzene rings is 1. The number of carbonyl (C=O) groups is 1. The van der Waals surface area contributed by atoms with Gasteiger partial charge in [0.05, 0.1) is 31.0 Å². The van der Waals surface area contributed by atoms with Crippen molar-refractivity contribution in [1.82, 2.24) is 19.9 Å². The summed E-state index contributed by atoms with van der Waals surface area (Å²) in [5.74, 6) is 0.0547. The lowest BCUT2D eigenvalue weighted by molar-refractivity contribution is -0.137. The first-order valence-corrected chi connectivity index (χ1v) is 12.4. The Labute approximate surface area is 222 Å². The fourth-order valence-corrected chi connectivity index (χ4v) is 4.40. The lowest BCUT2D eigenvalue weighted by Crippen LogP contribution is -2.37. The van der Waals surface area contributed by atoms with Crippen LogP contribution in [0.3, 0.4) is 0 Å². The van der Waals surface area contributed by atoms with E-state index in [2.05, 4.69) is 15.0 Å². The third kappa shape index (κ3) is 6.48. The second-order valence-electron chi connectivity index (χ2n) is 9.16. The van der Waals surface area contributed by atoms with Crippen molar-refractivity contribution >= 4 is 17.9 Å². The van der Waals surface area contributed by atoms with Crippen LogP contribution in [0.5, 0.6) is 5.88 Å². The van der Waals surface area contributed by atoms with Crippen LogP contribution in [0.2, 0.25) is 0 Å². The Morgan fingerprint density at radius 1 is 1.10 bits per heavy atom. The van der Waals surface area contributed by atoms with Gasteiger partial charge in [-0.15, -0.1) is 0 Å². The van der Waals surface area contributed by atoms with Crippen LogP contribution in [0.4, 0.5) is 29.7 Å². The summed E-state index contributed by atoms with van der Waals surface area (Å²) < 4.78 is 58.4. The number of hydrogen-bond donors (Lipinski definition) is 1. The van der Waals surface area contributed by atoms with Gasteiger partial charge in [0, 0.05) is 43.9 Å². The Balaban J connectivity index is 1.36. The first-order valence-electron chi connectivity index (χ1n) is 12.4. The van der Waals surface area contributed by atoms with Crippen molar-refractivity contribution < 1.29 is 32.2 Å². The van der Waals surface area contributed by atoms with Gasteiger partial charge in [0.1, 0.15) is 18.5 Å². The molecule has 0 bridgehead atoms. The minimum atomic E-state index is -4.68. The molecule has 3 aromatic rings. The molecule has 4 heterocycles. The Kier molecular flexibility index (Phi) is 7.68. The fourth-order valence-electron chi connectivity index (χ4n) is 4.40. The van der Waals surface area contributed by atoms with Gasteiger partial charge >= 0.3 is 12.3 Å². The molecule has 0 radical (unpaired) electrons. The largest absolute Gasteiger partial charge is 0.472 e. The highest BCUT2D eigenvalue weighted by Crippen LogP contribution is 2.38. The van der Waals surface area contributed by atoms with E-state index in [9.17, 15) is 18.0 Å². The Morgan fingerprint density at radius 3 is 2.62 bits per heavy atom. The van der Waals surface area contributed by atoms with E-state index in [1.165, 1.54) is 11.0 Å². The average molecular weight is 545 g/mol. The van der Waals surface area contributed by atoms with Crippen molar-refractivity contribution in [2.45, 2.75) is 25.3 Å². The van der Waals surface area contributed by atoms with E-state index in [1.54, 1.807) is 0 Å². The van der Waals surface area contributed by atoms with E-state index in [1.807, 2.05) is 35.2 Å². The summed E-state index contributed by atoms with van der Waals surface area (Å²) in [6, 6.07) is 11.5. The number of nitrogen functional groups attached to an aromatic ring is 1. The number of nitrogens with two attached hydrogens (primary N) is 1. The maximum absolute atomic E-state index is 13.9. The highest BCUT2D eigenvalue weighted by Gasteiger charge is 2.35. The summed E-state index contributed by atoms with van der Waals surface area (Å²) in [6.45, 7) is 2.62. The lowest BCUT2D eigenvalue weighted by Gasteiger charge is -2.27. The summed E-state index contributed by atoms with van der Waals surface area (Å²) >= 11 is 0. The van der Waals surface area contributed by atoms with Crippen molar-refractivity contribution in [3.05, 3.63) is 59.8 Å². The number of aromatic nitrogens is 3. The van der Waals surface area contributed by atoms with Gasteiger partial charge in [0.2, 0.25) is 11.8 Å². The molecule has 2 aliphatic rings. The maximum Gasteiger partial charge on any atom is 0.417 e. The number of halogens is 3. The van der Waals surface area contributed by atoms with Crippen molar-refractivity contribution in [3.8, 4) is 17.1 Å². The SMILES string of the molecule is Nc1cc(C(F)(F)F)c(-c2cc(O[C@H]3CCN(C(=O)OCc4ccccc4)C3)nc(N3CCOCC3)n2)cn1. The Bertz CT molecular complexity index is 1300. The number of hydrogen-bond acceptors (Lipinski definition) is 9. The van der Waals surface area contributed by atoms with E-state index < -0.39 is 23.9 Å². The summed E-state index contributed by atoms with van der Waals surface area (Å²) in [4.78, 5) is 28.7.